The molecule has 0 spiro atoms. The molecular formula is C23H30N4O2. The molecule has 3 aromatic rings. The molecule has 6 nitrogen and oxygen atoms in total. The van der Waals surface area contributed by atoms with Gasteiger partial charge in [-0.3, -0.25) is 4.79 Å². The van der Waals surface area contributed by atoms with Crippen molar-refractivity contribution in [3.05, 3.63) is 53.1 Å². The molecular weight excluding hydrogens is 364 g/mol. The van der Waals surface area contributed by atoms with Crippen molar-refractivity contribution in [2.45, 2.75) is 47.1 Å². The second-order valence-corrected chi connectivity index (χ2v) is 7.90. The molecule has 1 N–H and O–H groups in total. The van der Waals surface area contributed by atoms with Crippen LogP contribution in [0.4, 0.5) is 0 Å². The topological polar surface area (TPSA) is 69.0 Å². The molecule has 0 atom stereocenters. The van der Waals surface area contributed by atoms with E-state index in [9.17, 15) is 4.79 Å². The summed E-state index contributed by atoms with van der Waals surface area (Å²) in [6.45, 7) is 10.5. The Hall–Kier alpha value is -2.89. The lowest BCUT2D eigenvalue weighted by Gasteiger charge is -2.09. The number of rotatable bonds is 9. The highest BCUT2D eigenvalue weighted by Crippen LogP contribution is 2.18. The number of benzene rings is 2. The van der Waals surface area contributed by atoms with Crippen LogP contribution in [0.25, 0.3) is 11.0 Å². The smallest absolute Gasteiger partial charge is 0.251 e. The van der Waals surface area contributed by atoms with Crippen molar-refractivity contribution in [2.24, 2.45) is 5.92 Å². The fourth-order valence-electron chi connectivity index (χ4n) is 3.07. The number of carbonyl (C=O) groups excluding carboxylic acids is 1. The number of aromatic nitrogens is 3. The zero-order chi connectivity index (χ0) is 20.8. The summed E-state index contributed by atoms with van der Waals surface area (Å²) in [5.74, 6) is 1.30. The van der Waals surface area contributed by atoms with E-state index in [0.717, 1.165) is 36.2 Å². The number of ether oxygens (including phenoxy) is 1. The number of amides is 1. The Morgan fingerprint density at radius 1 is 1.14 bits per heavy atom. The maximum atomic E-state index is 12.1. The summed E-state index contributed by atoms with van der Waals surface area (Å²) in [6, 6.07) is 11.5. The molecule has 0 saturated carbocycles. The van der Waals surface area contributed by atoms with E-state index in [1.165, 1.54) is 11.1 Å². The molecule has 0 fully saturated rings. The Labute approximate surface area is 172 Å². The van der Waals surface area contributed by atoms with Crippen LogP contribution in [0, 0.1) is 19.8 Å². The molecule has 0 radical (unpaired) electrons. The van der Waals surface area contributed by atoms with E-state index in [1.54, 1.807) is 12.1 Å². The van der Waals surface area contributed by atoms with Crippen molar-refractivity contribution < 1.29 is 9.53 Å². The van der Waals surface area contributed by atoms with Gasteiger partial charge in [-0.25, -0.2) is 4.68 Å². The Morgan fingerprint density at radius 2 is 1.86 bits per heavy atom. The van der Waals surface area contributed by atoms with E-state index in [4.69, 9.17) is 4.74 Å². The monoisotopic (exact) mass is 394 g/mol. The number of nitrogens with zero attached hydrogens (tertiary/aromatic N) is 3. The van der Waals surface area contributed by atoms with Crippen LogP contribution < -0.4 is 10.1 Å². The van der Waals surface area contributed by atoms with Gasteiger partial charge < -0.3 is 10.1 Å². The van der Waals surface area contributed by atoms with Crippen LogP contribution in [0.1, 0.15) is 48.2 Å². The number of hydrogen-bond acceptors (Lipinski definition) is 4. The van der Waals surface area contributed by atoms with Crippen LogP contribution in [-0.2, 0) is 6.54 Å². The van der Waals surface area contributed by atoms with Gasteiger partial charge in [-0.05, 0) is 73.7 Å². The SMILES string of the molecule is Cc1cc2nnn(CCCOc3ccc(C(=O)NCCC(C)C)cc3)c2cc1C. The lowest BCUT2D eigenvalue weighted by molar-refractivity contribution is 0.0952. The third kappa shape index (κ3) is 5.56. The summed E-state index contributed by atoms with van der Waals surface area (Å²) in [6.07, 6.45) is 1.80. The first-order valence-electron chi connectivity index (χ1n) is 10.3. The minimum atomic E-state index is -0.0409. The molecule has 154 valence electrons. The summed E-state index contributed by atoms with van der Waals surface area (Å²) in [7, 11) is 0. The highest BCUT2D eigenvalue weighted by molar-refractivity contribution is 5.94. The molecule has 6 heteroatoms. The fraction of sp³-hybridized carbons (Fsp3) is 0.435. The molecule has 0 aliphatic rings. The van der Waals surface area contributed by atoms with Crippen LogP contribution in [0.5, 0.6) is 5.75 Å². The molecule has 1 aromatic heterocycles. The molecule has 0 saturated heterocycles. The second-order valence-electron chi connectivity index (χ2n) is 7.90. The molecule has 29 heavy (non-hydrogen) atoms. The maximum absolute atomic E-state index is 12.1. The number of fused-ring (bicyclic) bond motifs is 1. The van der Waals surface area contributed by atoms with Gasteiger partial charge in [0.05, 0.1) is 12.1 Å². The van der Waals surface area contributed by atoms with Gasteiger partial charge in [-0.15, -0.1) is 5.10 Å². The van der Waals surface area contributed by atoms with Crippen molar-refractivity contribution in [3.63, 3.8) is 0 Å². The highest BCUT2D eigenvalue weighted by atomic mass is 16.5. The third-order valence-electron chi connectivity index (χ3n) is 5.04. The molecule has 0 aliphatic carbocycles. The van der Waals surface area contributed by atoms with Crippen LogP contribution in [0.15, 0.2) is 36.4 Å². The molecule has 0 unspecified atom stereocenters. The van der Waals surface area contributed by atoms with Gasteiger partial charge in [0.15, 0.2) is 0 Å². The van der Waals surface area contributed by atoms with Crippen LogP contribution in [0.3, 0.4) is 0 Å². The third-order valence-corrected chi connectivity index (χ3v) is 5.04. The van der Waals surface area contributed by atoms with E-state index < -0.39 is 0 Å². The summed E-state index contributed by atoms with van der Waals surface area (Å²) in [5.41, 5.74) is 5.11. The van der Waals surface area contributed by atoms with Crippen molar-refractivity contribution in [2.75, 3.05) is 13.2 Å². The zero-order valence-corrected chi connectivity index (χ0v) is 17.7. The normalized spacial score (nSPS) is 11.2. The zero-order valence-electron chi connectivity index (χ0n) is 17.7. The average molecular weight is 395 g/mol. The van der Waals surface area contributed by atoms with Gasteiger partial charge in [-0.2, -0.15) is 0 Å². The van der Waals surface area contributed by atoms with Crippen molar-refractivity contribution in [1.82, 2.24) is 20.3 Å². The van der Waals surface area contributed by atoms with E-state index >= 15 is 0 Å². The number of aryl methyl sites for hydroxylation is 3. The lowest BCUT2D eigenvalue weighted by atomic mass is 10.1. The van der Waals surface area contributed by atoms with Crippen LogP contribution in [-0.4, -0.2) is 34.1 Å². The molecule has 0 bridgehead atoms. The highest BCUT2D eigenvalue weighted by Gasteiger charge is 2.08. The predicted octanol–water partition coefficient (Wildman–Crippen LogP) is 4.29. The Morgan fingerprint density at radius 3 is 2.59 bits per heavy atom. The Balaban J connectivity index is 1.46. The fourth-order valence-corrected chi connectivity index (χ4v) is 3.07. The van der Waals surface area contributed by atoms with Gasteiger partial charge in [0.1, 0.15) is 11.3 Å². The summed E-state index contributed by atoms with van der Waals surface area (Å²) < 4.78 is 7.74. The number of carbonyl (C=O) groups is 1. The van der Waals surface area contributed by atoms with Gasteiger partial charge in [-0.1, -0.05) is 19.1 Å². The summed E-state index contributed by atoms with van der Waals surface area (Å²) >= 11 is 0. The quantitative estimate of drug-likeness (QED) is 0.550. The first kappa shape index (κ1) is 20.8. The van der Waals surface area contributed by atoms with Crippen LogP contribution >= 0.6 is 0 Å². The number of hydrogen-bond donors (Lipinski definition) is 1. The molecule has 2 aromatic carbocycles. The van der Waals surface area contributed by atoms with Crippen molar-refractivity contribution in [1.29, 1.82) is 0 Å². The van der Waals surface area contributed by atoms with Crippen molar-refractivity contribution in [3.8, 4) is 5.75 Å². The Kier molecular flexibility index (Phi) is 6.86. The first-order valence-corrected chi connectivity index (χ1v) is 10.3. The van der Waals surface area contributed by atoms with Crippen LogP contribution in [0.2, 0.25) is 0 Å². The van der Waals surface area contributed by atoms with Crippen molar-refractivity contribution >= 4 is 16.9 Å². The van der Waals surface area contributed by atoms with E-state index in [2.05, 4.69) is 55.5 Å². The molecule has 1 amide bonds. The van der Waals surface area contributed by atoms with Gasteiger partial charge in [0.2, 0.25) is 0 Å². The summed E-state index contributed by atoms with van der Waals surface area (Å²) in [5, 5.41) is 11.4. The lowest BCUT2D eigenvalue weighted by Crippen LogP contribution is -2.25. The van der Waals surface area contributed by atoms with Gasteiger partial charge >= 0.3 is 0 Å². The standard InChI is InChI=1S/C23H30N4O2/c1-16(2)10-11-24-23(28)19-6-8-20(9-7-19)29-13-5-12-27-22-15-18(4)17(3)14-21(22)25-26-27/h6-9,14-16H,5,10-13H2,1-4H3,(H,24,28). The molecule has 0 aliphatic heterocycles. The minimum Gasteiger partial charge on any atom is -0.494 e. The second kappa shape index (κ2) is 9.54. The number of nitrogens with one attached hydrogen (secondary N) is 1. The van der Waals surface area contributed by atoms with E-state index in [1.807, 2.05) is 16.8 Å². The molecule has 1 heterocycles. The first-order chi connectivity index (χ1) is 13.9. The largest absolute Gasteiger partial charge is 0.494 e. The Bertz CT molecular complexity index is 961. The average Bonchev–Trinajstić information content (AvgIpc) is 3.07. The maximum Gasteiger partial charge on any atom is 0.251 e. The van der Waals surface area contributed by atoms with E-state index in [0.29, 0.717) is 24.6 Å². The minimum absolute atomic E-state index is 0.0409. The molecule has 3 rings (SSSR count). The summed E-state index contributed by atoms with van der Waals surface area (Å²) in [4.78, 5) is 12.1. The van der Waals surface area contributed by atoms with Gasteiger partial charge in [0, 0.05) is 25.1 Å². The predicted molar refractivity (Wildman–Crippen MR) is 115 cm³/mol. The van der Waals surface area contributed by atoms with Gasteiger partial charge in [0.25, 0.3) is 5.91 Å². The van der Waals surface area contributed by atoms with E-state index in [-0.39, 0.29) is 5.91 Å².